The molecule has 4 N–H and O–H groups in total. The third-order valence-corrected chi connectivity index (χ3v) is 5.18. The number of fused-ring (bicyclic) bond motifs is 1. The van der Waals surface area contributed by atoms with Gasteiger partial charge >= 0.3 is 0 Å². The Bertz CT molecular complexity index is 1040. The molecule has 1 saturated heterocycles. The highest BCUT2D eigenvalue weighted by Gasteiger charge is 2.27. The summed E-state index contributed by atoms with van der Waals surface area (Å²) < 4.78 is 13.8. The maximum Gasteiger partial charge on any atom is 0.250 e. The third kappa shape index (κ3) is 3.53. The van der Waals surface area contributed by atoms with Gasteiger partial charge in [-0.3, -0.25) is 4.79 Å². The van der Waals surface area contributed by atoms with Crippen LogP contribution in [0.4, 0.5) is 10.2 Å². The smallest absolute Gasteiger partial charge is 0.250 e. The van der Waals surface area contributed by atoms with E-state index in [1.54, 1.807) is 31.2 Å². The molecule has 6 nitrogen and oxygen atoms in total. The Balaban J connectivity index is 1.74. The van der Waals surface area contributed by atoms with Crippen molar-refractivity contribution in [3.63, 3.8) is 0 Å². The fraction of sp³-hybridized carbons (Fsp3) is 0.286. The molecule has 1 aromatic heterocycles. The van der Waals surface area contributed by atoms with Crippen LogP contribution in [0.25, 0.3) is 10.9 Å². The van der Waals surface area contributed by atoms with E-state index in [1.165, 1.54) is 6.07 Å². The van der Waals surface area contributed by atoms with E-state index < -0.39 is 5.91 Å². The highest BCUT2D eigenvalue weighted by molar-refractivity contribution is 6.07. The van der Waals surface area contributed by atoms with Crippen LogP contribution in [0.1, 0.15) is 34.1 Å². The van der Waals surface area contributed by atoms with Gasteiger partial charge in [-0.15, -0.1) is 0 Å². The second kappa shape index (κ2) is 7.52. The molecule has 3 aromatic rings. The quantitative estimate of drug-likeness (QED) is 0.648. The van der Waals surface area contributed by atoms with E-state index in [-0.39, 0.29) is 17.8 Å². The normalized spacial score (nSPS) is 19.5. The number of benzene rings is 2. The number of piperidine rings is 1. The number of carbonyl (C=O) groups is 1. The number of nitrogens with one attached hydrogen (secondary N) is 2. The van der Waals surface area contributed by atoms with Crippen LogP contribution in [0.5, 0.6) is 0 Å². The van der Waals surface area contributed by atoms with Crippen LogP contribution in [-0.2, 0) is 0 Å². The van der Waals surface area contributed by atoms with Crippen LogP contribution in [0, 0.1) is 12.7 Å². The number of aromatic nitrogens is 2. The number of rotatable bonds is 4. The van der Waals surface area contributed by atoms with Crippen LogP contribution in [0.2, 0.25) is 0 Å². The Morgan fingerprint density at radius 3 is 2.86 bits per heavy atom. The lowest BCUT2D eigenvalue weighted by atomic mass is 9.86. The standard InChI is InChI=1S/C21H22FN5O/c1-12-25-19-16(20(23)28)6-3-7-17(19)21(26-12)27-18-11-24-9-8-15(18)13-4-2-5-14(22)10-13/h2-7,10,15,18,24H,8-9,11H2,1H3,(H2,23,28)(H,25,26,27)/t15-,18+/m0/s1. The van der Waals surface area contributed by atoms with Crippen molar-refractivity contribution in [2.75, 3.05) is 18.4 Å². The molecule has 2 aromatic carbocycles. The van der Waals surface area contributed by atoms with Gasteiger partial charge in [-0.05, 0) is 49.7 Å². The molecule has 7 heteroatoms. The first-order chi connectivity index (χ1) is 13.5. The van der Waals surface area contributed by atoms with E-state index in [2.05, 4.69) is 20.6 Å². The molecule has 0 bridgehead atoms. The molecule has 1 aliphatic rings. The molecule has 0 radical (unpaired) electrons. The van der Waals surface area contributed by atoms with Gasteiger partial charge in [0.05, 0.1) is 11.1 Å². The number of amides is 1. The molecular formula is C21H22FN5O. The van der Waals surface area contributed by atoms with Crippen molar-refractivity contribution in [2.24, 2.45) is 5.73 Å². The van der Waals surface area contributed by atoms with Gasteiger partial charge in [-0.2, -0.15) is 0 Å². The monoisotopic (exact) mass is 379 g/mol. The highest BCUT2D eigenvalue weighted by atomic mass is 19.1. The number of carbonyl (C=O) groups excluding carboxylic acids is 1. The first-order valence-corrected chi connectivity index (χ1v) is 9.33. The summed E-state index contributed by atoms with van der Waals surface area (Å²) in [6, 6.07) is 12.1. The van der Waals surface area contributed by atoms with Crippen molar-refractivity contribution in [1.82, 2.24) is 15.3 Å². The molecule has 4 rings (SSSR count). The summed E-state index contributed by atoms with van der Waals surface area (Å²) in [6.45, 7) is 3.38. The number of nitrogens with zero attached hydrogens (tertiary/aromatic N) is 2. The predicted molar refractivity (Wildman–Crippen MR) is 107 cm³/mol. The minimum absolute atomic E-state index is 0.0188. The lowest BCUT2D eigenvalue weighted by Crippen LogP contribution is -2.44. The lowest BCUT2D eigenvalue weighted by Gasteiger charge is -2.34. The molecule has 1 amide bonds. The van der Waals surface area contributed by atoms with Crippen LogP contribution in [0.15, 0.2) is 42.5 Å². The van der Waals surface area contributed by atoms with Gasteiger partial charge in [-0.1, -0.05) is 18.2 Å². The van der Waals surface area contributed by atoms with Gasteiger partial charge in [-0.25, -0.2) is 14.4 Å². The van der Waals surface area contributed by atoms with E-state index in [1.807, 2.05) is 12.1 Å². The molecule has 1 fully saturated rings. The van der Waals surface area contributed by atoms with E-state index in [0.29, 0.717) is 22.7 Å². The van der Waals surface area contributed by atoms with E-state index in [9.17, 15) is 9.18 Å². The van der Waals surface area contributed by atoms with Gasteiger partial charge in [0.25, 0.3) is 5.91 Å². The van der Waals surface area contributed by atoms with Gasteiger partial charge in [0.1, 0.15) is 17.5 Å². The number of hydrogen-bond donors (Lipinski definition) is 3. The summed E-state index contributed by atoms with van der Waals surface area (Å²) in [4.78, 5) is 20.8. The van der Waals surface area contributed by atoms with Gasteiger partial charge < -0.3 is 16.4 Å². The van der Waals surface area contributed by atoms with Crippen molar-refractivity contribution in [2.45, 2.75) is 25.3 Å². The first-order valence-electron chi connectivity index (χ1n) is 9.33. The average molecular weight is 379 g/mol. The number of primary amides is 1. The second-order valence-corrected chi connectivity index (χ2v) is 7.09. The van der Waals surface area contributed by atoms with Crippen LogP contribution in [0.3, 0.4) is 0 Å². The topological polar surface area (TPSA) is 92.9 Å². The molecule has 144 valence electrons. The van der Waals surface area contributed by atoms with Crippen molar-refractivity contribution in [3.8, 4) is 0 Å². The van der Waals surface area contributed by atoms with Gasteiger partial charge in [0.2, 0.25) is 0 Å². The summed E-state index contributed by atoms with van der Waals surface area (Å²) in [6.07, 6.45) is 0.885. The Morgan fingerprint density at radius 1 is 1.25 bits per heavy atom. The van der Waals surface area contributed by atoms with E-state index in [4.69, 9.17) is 5.73 Å². The Morgan fingerprint density at radius 2 is 2.07 bits per heavy atom. The number of nitrogens with two attached hydrogens (primary N) is 1. The van der Waals surface area contributed by atoms with E-state index in [0.717, 1.165) is 30.5 Å². The largest absolute Gasteiger partial charge is 0.366 e. The fourth-order valence-electron chi connectivity index (χ4n) is 3.89. The van der Waals surface area contributed by atoms with Crippen LogP contribution >= 0.6 is 0 Å². The number of para-hydroxylation sites is 1. The van der Waals surface area contributed by atoms with Crippen molar-refractivity contribution < 1.29 is 9.18 Å². The highest BCUT2D eigenvalue weighted by Crippen LogP contribution is 2.30. The number of hydrogen-bond acceptors (Lipinski definition) is 5. The van der Waals surface area contributed by atoms with Crippen LogP contribution < -0.4 is 16.4 Å². The van der Waals surface area contributed by atoms with Crippen LogP contribution in [-0.4, -0.2) is 35.0 Å². The summed E-state index contributed by atoms with van der Waals surface area (Å²) in [5.74, 6) is 0.591. The SMILES string of the molecule is Cc1nc(N[C@@H]2CNCC[C@H]2c2cccc(F)c2)c2cccc(C(N)=O)c2n1. The maximum absolute atomic E-state index is 13.8. The molecule has 0 aliphatic carbocycles. The lowest BCUT2D eigenvalue weighted by molar-refractivity contribution is 0.100. The summed E-state index contributed by atoms with van der Waals surface area (Å²) in [7, 11) is 0. The Labute approximate surface area is 162 Å². The van der Waals surface area contributed by atoms with Crippen molar-refractivity contribution in [3.05, 3.63) is 65.2 Å². The van der Waals surface area contributed by atoms with Crippen molar-refractivity contribution in [1.29, 1.82) is 0 Å². The second-order valence-electron chi connectivity index (χ2n) is 7.09. The molecule has 1 aliphatic heterocycles. The van der Waals surface area contributed by atoms with E-state index >= 15 is 0 Å². The molecule has 2 atom stereocenters. The fourth-order valence-corrected chi connectivity index (χ4v) is 3.89. The minimum Gasteiger partial charge on any atom is -0.366 e. The third-order valence-electron chi connectivity index (χ3n) is 5.18. The number of aryl methyl sites for hydroxylation is 1. The average Bonchev–Trinajstić information content (AvgIpc) is 2.68. The molecule has 2 heterocycles. The molecule has 0 spiro atoms. The summed E-state index contributed by atoms with van der Waals surface area (Å²) in [5.41, 5.74) is 7.38. The molecule has 0 unspecified atom stereocenters. The Hall–Kier alpha value is -3.06. The summed E-state index contributed by atoms with van der Waals surface area (Å²) >= 11 is 0. The molecule has 0 saturated carbocycles. The first kappa shape index (κ1) is 18.3. The van der Waals surface area contributed by atoms with Crippen molar-refractivity contribution >= 4 is 22.6 Å². The zero-order chi connectivity index (χ0) is 19.7. The Kier molecular flexibility index (Phi) is 4.92. The number of halogens is 1. The van der Waals surface area contributed by atoms with Gasteiger partial charge in [0.15, 0.2) is 0 Å². The minimum atomic E-state index is -0.522. The zero-order valence-corrected chi connectivity index (χ0v) is 15.6. The molecule has 28 heavy (non-hydrogen) atoms. The predicted octanol–water partition coefficient (Wildman–Crippen LogP) is 2.73. The summed E-state index contributed by atoms with van der Waals surface area (Å²) in [5, 5.41) is 7.64. The maximum atomic E-state index is 13.8. The molecular weight excluding hydrogens is 357 g/mol. The number of anilines is 1. The zero-order valence-electron chi connectivity index (χ0n) is 15.6. The van der Waals surface area contributed by atoms with Gasteiger partial charge in [0, 0.05) is 23.9 Å².